The minimum atomic E-state index is -3.86. The molecule has 6 rings (SSSR count). The lowest BCUT2D eigenvalue weighted by Gasteiger charge is -2.40. The number of thiophene rings is 2. The predicted molar refractivity (Wildman–Crippen MR) is 162 cm³/mol. The number of Topliss-reactive ketones (excluding diaryl/α,β-unsaturated/α-hetero) is 1. The highest BCUT2D eigenvalue weighted by atomic mass is 32.2. The van der Waals surface area contributed by atoms with Crippen LogP contribution in [0.25, 0.3) is 10.4 Å². The number of nitrogens with one attached hydrogen (secondary N) is 1. The number of carbonyl (C=O) groups excluding carboxylic acids is 3. The van der Waals surface area contributed by atoms with Gasteiger partial charge in [0.2, 0.25) is 10.0 Å². The molecule has 3 unspecified atom stereocenters. The summed E-state index contributed by atoms with van der Waals surface area (Å²) in [6.07, 6.45) is 2.71. The topological polar surface area (TPSA) is 117 Å². The molecule has 4 aromatic rings. The summed E-state index contributed by atoms with van der Waals surface area (Å²) < 4.78 is 28.1. The number of hydrogen-bond acceptors (Lipinski definition) is 9. The standard InChI is InChI=1S/C30H28N4O5S3/c35-20-30(17-24-6-3-15-40-24,32-29(37)22-10-8-21(9-11-22)27-7-4-16-41-27)33-14-12-25-28(33)26(36)18-34(25)42(38,39)19-23-5-1-2-13-31-23/h1-11,13,15-16,20,25,28H,12,14,17-19H2,(H,32,37). The Balaban J connectivity index is 1.28. The summed E-state index contributed by atoms with van der Waals surface area (Å²) in [6, 6.07) is 18.4. The van der Waals surface area contributed by atoms with Gasteiger partial charge in [-0.05, 0) is 59.1 Å². The van der Waals surface area contributed by atoms with Crippen LogP contribution in [0.3, 0.4) is 0 Å². The molecule has 2 fully saturated rings. The number of benzene rings is 1. The molecule has 0 radical (unpaired) electrons. The van der Waals surface area contributed by atoms with Crippen molar-refractivity contribution in [3.05, 3.63) is 99.8 Å². The van der Waals surface area contributed by atoms with Crippen molar-refractivity contribution in [2.75, 3.05) is 13.1 Å². The fraction of sp³-hybridized carbons (Fsp3) is 0.267. The molecule has 3 aromatic heterocycles. The maximum Gasteiger partial charge on any atom is 0.253 e. The zero-order valence-electron chi connectivity index (χ0n) is 22.5. The number of nitrogens with zero attached hydrogens (tertiary/aromatic N) is 3. The Hall–Kier alpha value is -3.55. The Bertz CT molecular complexity index is 1680. The van der Waals surface area contributed by atoms with Crippen molar-refractivity contribution in [2.24, 2.45) is 0 Å². The van der Waals surface area contributed by atoms with E-state index in [0.717, 1.165) is 15.3 Å². The molecule has 0 aliphatic carbocycles. The van der Waals surface area contributed by atoms with E-state index in [9.17, 15) is 22.8 Å². The van der Waals surface area contributed by atoms with Gasteiger partial charge in [-0.15, -0.1) is 22.7 Å². The fourth-order valence-corrected chi connectivity index (χ4v) is 9.06. The van der Waals surface area contributed by atoms with Crippen molar-refractivity contribution in [2.45, 2.75) is 36.3 Å². The van der Waals surface area contributed by atoms with Gasteiger partial charge in [-0.3, -0.25) is 24.3 Å². The number of aromatic nitrogens is 1. The van der Waals surface area contributed by atoms with Crippen LogP contribution in [0.15, 0.2) is 83.7 Å². The Morgan fingerprint density at radius 1 is 1.05 bits per heavy atom. The highest BCUT2D eigenvalue weighted by Crippen LogP contribution is 2.37. The smallest absolute Gasteiger partial charge is 0.253 e. The molecule has 1 aromatic carbocycles. The molecule has 216 valence electrons. The molecule has 1 N–H and O–H groups in total. The van der Waals surface area contributed by atoms with Crippen molar-refractivity contribution in [3.8, 4) is 10.4 Å². The summed E-state index contributed by atoms with van der Waals surface area (Å²) in [5.74, 6) is -1.07. The quantitative estimate of drug-likeness (QED) is 0.269. The van der Waals surface area contributed by atoms with Crippen LogP contribution in [0.4, 0.5) is 0 Å². The summed E-state index contributed by atoms with van der Waals surface area (Å²) >= 11 is 3.04. The number of ketones is 1. The molecule has 5 heterocycles. The van der Waals surface area contributed by atoms with E-state index in [4.69, 9.17) is 0 Å². The molecule has 42 heavy (non-hydrogen) atoms. The molecule has 9 nitrogen and oxygen atoms in total. The van der Waals surface area contributed by atoms with Gasteiger partial charge >= 0.3 is 0 Å². The molecular formula is C30H28N4O5S3. The van der Waals surface area contributed by atoms with Gasteiger partial charge in [0.25, 0.3) is 5.91 Å². The molecule has 2 saturated heterocycles. The second-order valence-electron chi connectivity index (χ2n) is 10.4. The number of carbonyl (C=O) groups is 3. The summed E-state index contributed by atoms with van der Waals surface area (Å²) in [5.41, 5.74) is 0.193. The predicted octanol–water partition coefficient (Wildman–Crippen LogP) is 3.60. The largest absolute Gasteiger partial charge is 0.327 e. The van der Waals surface area contributed by atoms with Gasteiger partial charge in [0, 0.05) is 40.5 Å². The zero-order valence-corrected chi connectivity index (χ0v) is 24.9. The van der Waals surface area contributed by atoms with Gasteiger partial charge in [0.15, 0.2) is 17.7 Å². The van der Waals surface area contributed by atoms with Crippen LogP contribution in [0, 0.1) is 0 Å². The van der Waals surface area contributed by atoms with Crippen LogP contribution >= 0.6 is 22.7 Å². The molecular weight excluding hydrogens is 593 g/mol. The maximum atomic E-state index is 13.6. The summed E-state index contributed by atoms with van der Waals surface area (Å²) in [5, 5.41) is 6.82. The normalized spacial score (nSPS) is 20.7. The lowest BCUT2D eigenvalue weighted by Crippen LogP contribution is -2.66. The van der Waals surface area contributed by atoms with E-state index in [-0.39, 0.29) is 31.0 Å². The number of pyridine rings is 1. The third kappa shape index (κ3) is 5.48. The summed E-state index contributed by atoms with van der Waals surface area (Å²) in [7, 11) is -3.86. The lowest BCUT2D eigenvalue weighted by molar-refractivity contribution is -0.128. The molecule has 0 spiro atoms. The Kier molecular flexibility index (Phi) is 7.90. The van der Waals surface area contributed by atoms with Crippen LogP contribution in [0.1, 0.15) is 27.3 Å². The maximum absolute atomic E-state index is 13.6. The van der Waals surface area contributed by atoms with Crippen LogP contribution in [0.5, 0.6) is 0 Å². The van der Waals surface area contributed by atoms with Gasteiger partial charge in [0.1, 0.15) is 5.75 Å². The monoisotopic (exact) mass is 620 g/mol. The van der Waals surface area contributed by atoms with Gasteiger partial charge in [-0.1, -0.05) is 30.3 Å². The Morgan fingerprint density at radius 2 is 1.83 bits per heavy atom. The van der Waals surface area contributed by atoms with Gasteiger partial charge < -0.3 is 5.32 Å². The third-order valence-corrected chi connectivity index (χ3v) is 11.4. The molecule has 2 aliphatic heterocycles. The zero-order chi connectivity index (χ0) is 29.3. The summed E-state index contributed by atoms with van der Waals surface area (Å²) in [4.78, 5) is 47.9. The van der Waals surface area contributed by atoms with Crippen LogP contribution < -0.4 is 5.32 Å². The molecule has 0 saturated carbocycles. The number of rotatable bonds is 10. The SMILES string of the molecule is O=CC(Cc1cccs1)(NC(=O)c1ccc(-c2cccs2)cc1)N1CCC2C1C(=O)CN2S(=O)(=O)Cc1ccccn1. The number of likely N-dealkylation sites (tertiary alicyclic amines) is 1. The van der Waals surface area contributed by atoms with Crippen molar-refractivity contribution in [1.29, 1.82) is 0 Å². The Labute approximate surface area is 251 Å². The van der Waals surface area contributed by atoms with E-state index in [2.05, 4.69) is 10.3 Å². The van der Waals surface area contributed by atoms with Crippen LogP contribution in [-0.2, 0) is 31.8 Å². The van der Waals surface area contributed by atoms with Crippen LogP contribution in [-0.4, -0.2) is 71.4 Å². The van der Waals surface area contributed by atoms with E-state index in [1.165, 1.54) is 21.8 Å². The Morgan fingerprint density at radius 3 is 2.50 bits per heavy atom. The lowest BCUT2D eigenvalue weighted by atomic mass is 10.00. The number of sulfonamides is 1. The fourth-order valence-electron chi connectivity index (χ4n) is 5.87. The highest BCUT2D eigenvalue weighted by molar-refractivity contribution is 7.88. The van der Waals surface area contributed by atoms with E-state index in [0.29, 0.717) is 24.0 Å². The van der Waals surface area contributed by atoms with Crippen LogP contribution in [0.2, 0.25) is 0 Å². The van der Waals surface area contributed by atoms with Gasteiger partial charge in [0.05, 0.1) is 18.3 Å². The number of fused-ring (bicyclic) bond motifs is 1. The first-order chi connectivity index (χ1) is 20.3. The minimum Gasteiger partial charge on any atom is -0.327 e. The van der Waals surface area contributed by atoms with E-state index in [1.807, 2.05) is 47.2 Å². The van der Waals surface area contributed by atoms with Gasteiger partial charge in [-0.2, -0.15) is 4.31 Å². The number of hydrogen-bond donors (Lipinski definition) is 1. The van der Waals surface area contributed by atoms with Crippen molar-refractivity contribution in [3.63, 3.8) is 0 Å². The minimum absolute atomic E-state index is 0.143. The molecule has 3 atom stereocenters. The first-order valence-corrected chi connectivity index (χ1v) is 16.8. The first kappa shape index (κ1) is 28.6. The average molecular weight is 621 g/mol. The van der Waals surface area contributed by atoms with Crippen molar-refractivity contribution in [1.82, 2.24) is 19.5 Å². The molecule has 0 bridgehead atoms. The second-order valence-corrected chi connectivity index (χ2v) is 14.3. The molecule has 2 aliphatic rings. The van der Waals surface area contributed by atoms with E-state index >= 15 is 0 Å². The third-order valence-electron chi connectivity index (χ3n) is 7.81. The van der Waals surface area contributed by atoms with Crippen molar-refractivity contribution >= 4 is 50.7 Å². The number of aldehydes is 1. The van der Waals surface area contributed by atoms with Crippen molar-refractivity contribution < 1.29 is 22.8 Å². The van der Waals surface area contributed by atoms with Gasteiger partial charge in [-0.25, -0.2) is 8.42 Å². The van der Waals surface area contributed by atoms with E-state index in [1.54, 1.807) is 46.6 Å². The first-order valence-electron chi connectivity index (χ1n) is 13.4. The average Bonchev–Trinajstić information content (AvgIpc) is 3.81. The number of amides is 1. The molecule has 1 amide bonds. The second kappa shape index (κ2) is 11.6. The highest BCUT2D eigenvalue weighted by Gasteiger charge is 2.57. The van der Waals surface area contributed by atoms with E-state index < -0.39 is 33.7 Å². The molecule has 12 heteroatoms. The summed E-state index contributed by atoms with van der Waals surface area (Å²) in [6.45, 7) is -0.0224.